The number of phosphoric acid groups is 1. The van der Waals surface area contributed by atoms with Crippen LogP contribution in [-0.4, -0.2) is 49.3 Å². The molecular formula is C53H92NO8P. The molecule has 0 rings (SSSR count). The lowest BCUT2D eigenvalue weighted by atomic mass is 10.1. The second-order valence-electron chi connectivity index (χ2n) is 16.3. The third kappa shape index (κ3) is 48.5. The van der Waals surface area contributed by atoms with Crippen LogP contribution < -0.4 is 5.73 Å². The molecule has 0 aliphatic carbocycles. The zero-order valence-corrected chi connectivity index (χ0v) is 40.9. The third-order valence-electron chi connectivity index (χ3n) is 10.3. The minimum absolute atomic E-state index is 0.0445. The normalized spacial score (nSPS) is 13.9. The summed E-state index contributed by atoms with van der Waals surface area (Å²) in [6.45, 7) is 3.59. The number of ether oxygens (including phenoxy) is 2. The number of carbonyl (C=O) groups excluding carboxylic acids is 2. The Labute approximate surface area is 385 Å². The average Bonchev–Trinajstić information content (AvgIpc) is 3.27. The summed E-state index contributed by atoms with van der Waals surface area (Å²) < 4.78 is 32.9. The first-order valence-corrected chi connectivity index (χ1v) is 26.6. The number of carbonyl (C=O) groups is 2. The first-order chi connectivity index (χ1) is 30.8. The van der Waals surface area contributed by atoms with Crippen molar-refractivity contribution >= 4 is 19.8 Å². The van der Waals surface area contributed by atoms with Crippen LogP contribution in [0.2, 0.25) is 0 Å². The Kier molecular flexibility index (Phi) is 46.5. The fourth-order valence-electron chi connectivity index (χ4n) is 6.57. The summed E-state index contributed by atoms with van der Waals surface area (Å²) in [6.07, 6.45) is 61.9. The van der Waals surface area contributed by atoms with Gasteiger partial charge in [-0.1, -0.05) is 189 Å². The number of unbranched alkanes of at least 4 members (excludes halogenated alkanes) is 19. The number of rotatable bonds is 46. The van der Waals surface area contributed by atoms with E-state index in [9.17, 15) is 19.0 Å². The van der Waals surface area contributed by atoms with Crippen LogP contribution in [0.3, 0.4) is 0 Å². The molecule has 0 amide bonds. The van der Waals surface area contributed by atoms with Crippen LogP contribution in [0.1, 0.15) is 206 Å². The Morgan fingerprint density at radius 1 is 0.492 bits per heavy atom. The van der Waals surface area contributed by atoms with Crippen molar-refractivity contribution < 1.29 is 37.6 Å². The van der Waals surface area contributed by atoms with Gasteiger partial charge in [0.2, 0.25) is 0 Å². The van der Waals surface area contributed by atoms with Gasteiger partial charge < -0.3 is 20.1 Å². The molecule has 3 N–H and O–H groups in total. The predicted molar refractivity (Wildman–Crippen MR) is 265 cm³/mol. The first kappa shape index (κ1) is 60.2. The molecule has 0 saturated carbocycles. The maximum atomic E-state index is 12.6. The van der Waals surface area contributed by atoms with E-state index in [2.05, 4.69) is 98.9 Å². The molecule has 9 nitrogen and oxygen atoms in total. The zero-order chi connectivity index (χ0) is 46.0. The van der Waals surface area contributed by atoms with E-state index < -0.39 is 32.5 Å². The largest absolute Gasteiger partial charge is 0.472 e. The molecule has 2 unspecified atom stereocenters. The van der Waals surface area contributed by atoms with Crippen molar-refractivity contribution in [2.45, 2.75) is 213 Å². The van der Waals surface area contributed by atoms with E-state index in [-0.39, 0.29) is 32.6 Å². The maximum Gasteiger partial charge on any atom is 0.472 e. The Bertz CT molecular complexity index is 1300. The summed E-state index contributed by atoms with van der Waals surface area (Å²) in [7, 11) is -4.40. The Morgan fingerprint density at radius 3 is 1.32 bits per heavy atom. The molecular weight excluding hydrogens is 810 g/mol. The second kappa shape index (κ2) is 48.6. The number of nitrogens with two attached hydrogens (primary N) is 1. The van der Waals surface area contributed by atoms with Gasteiger partial charge in [0.15, 0.2) is 6.10 Å². The van der Waals surface area contributed by atoms with Crippen LogP contribution in [0.4, 0.5) is 0 Å². The van der Waals surface area contributed by atoms with Crippen LogP contribution >= 0.6 is 7.82 Å². The molecule has 0 radical (unpaired) electrons. The quantitative estimate of drug-likeness (QED) is 0.0265. The van der Waals surface area contributed by atoms with E-state index in [1.165, 1.54) is 89.9 Å². The molecule has 0 aliphatic heterocycles. The van der Waals surface area contributed by atoms with Gasteiger partial charge in [-0.3, -0.25) is 18.6 Å². The van der Waals surface area contributed by atoms with Crippen LogP contribution in [0.15, 0.2) is 85.1 Å². The smallest absolute Gasteiger partial charge is 0.462 e. The van der Waals surface area contributed by atoms with Gasteiger partial charge in [-0.25, -0.2) is 4.57 Å². The summed E-state index contributed by atoms with van der Waals surface area (Å²) >= 11 is 0. The Morgan fingerprint density at radius 2 is 0.873 bits per heavy atom. The monoisotopic (exact) mass is 902 g/mol. The van der Waals surface area contributed by atoms with E-state index in [0.717, 1.165) is 83.5 Å². The van der Waals surface area contributed by atoms with Crippen molar-refractivity contribution in [3.05, 3.63) is 85.1 Å². The first-order valence-electron chi connectivity index (χ1n) is 25.1. The van der Waals surface area contributed by atoms with Gasteiger partial charge in [-0.15, -0.1) is 0 Å². The Balaban J connectivity index is 4.15. The molecule has 0 aliphatic rings. The van der Waals surface area contributed by atoms with Crippen molar-refractivity contribution in [3.63, 3.8) is 0 Å². The highest BCUT2D eigenvalue weighted by Gasteiger charge is 2.26. The predicted octanol–water partition coefficient (Wildman–Crippen LogP) is 15.2. The molecule has 2 atom stereocenters. The standard InChI is InChI=1S/C53H92NO8P/c1-3-5-7-9-11-13-15-17-19-21-23-24-25-26-28-30-32-34-36-38-40-42-44-46-53(56)62-51(50-61-63(57,58)60-48-47-54)49-59-52(55)45-43-41-39-37-35-33-31-29-27-22-20-18-16-14-12-10-8-6-4-2/h5,7,11,13,17-20,23-24,26,28,32,34,51H,3-4,6,8-10,12,14-16,21-22,25,27,29-31,33,35-50,54H2,1-2H3,(H,57,58)/b7-5-,13-11-,19-17-,20-18-,24-23-,28-26-,34-32-. The fourth-order valence-corrected chi connectivity index (χ4v) is 7.34. The number of allylic oxidation sites excluding steroid dienone is 14. The molecule has 0 heterocycles. The van der Waals surface area contributed by atoms with Crippen LogP contribution in [0.5, 0.6) is 0 Å². The summed E-state index contributed by atoms with van der Waals surface area (Å²) in [6, 6.07) is 0. The van der Waals surface area contributed by atoms with Gasteiger partial charge in [-0.2, -0.15) is 0 Å². The highest BCUT2D eigenvalue weighted by Crippen LogP contribution is 2.43. The number of hydrogen-bond donors (Lipinski definition) is 2. The lowest BCUT2D eigenvalue weighted by molar-refractivity contribution is -0.161. The molecule has 0 bridgehead atoms. The topological polar surface area (TPSA) is 134 Å². The Hall–Kier alpha value is -2.81. The van der Waals surface area contributed by atoms with E-state index in [4.69, 9.17) is 24.3 Å². The minimum atomic E-state index is -4.40. The van der Waals surface area contributed by atoms with Crippen LogP contribution in [0.25, 0.3) is 0 Å². The number of esters is 2. The van der Waals surface area contributed by atoms with Crippen LogP contribution in [0, 0.1) is 0 Å². The van der Waals surface area contributed by atoms with Gasteiger partial charge in [0, 0.05) is 19.4 Å². The molecule has 0 fully saturated rings. The van der Waals surface area contributed by atoms with Crippen molar-refractivity contribution in [2.24, 2.45) is 5.73 Å². The SMILES string of the molecule is CC/C=C\C/C=C\C/C=C\C/C=C\C/C=C\C/C=C\CCCCCCC(=O)OC(COC(=O)CCCCCCCCCCC/C=C\CCCCCCCC)COP(=O)(O)OCCN. The summed E-state index contributed by atoms with van der Waals surface area (Å²) in [5, 5.41) is 0. The minimum Gasteiger partial charge on any atom is -0.462 e. The van der Waals surface area contributed by atoms with E-state index in [1.807, 2.05) is 0 Å². The van der Waals surface area contributed by atoms with Crippen molar-refractivity contribution in [1.82, 2.24) is 0 Å². The van der Waals surface area contributed by atoms with Crippen molar-refractivity contribution in [3.8, 4) is 0 Å². The highest BCUT2D eigenvalue weighted by atomic mass is 31.2. The summed E-state index contributed by atoms with van der Waals surface area (Å²) in [5.74, 6) is -0.863. The van der Waals surface area contributed by atoms with Gasteiger partial charge >= 0.3 is 19.8 Å². The third-order valence-corrected chi connectivity index (χ3v) is 11.2. The molecule has 0 aromatic heterocycles. The molecule has 0 aromatic carbocycles. The second-order valence-corrected chi connectivity index (χ2v) is 17.8. The van der Waals surface area contributed by atoms with Gasteiger partial charge in [0.05, 0.1) is 13.2 Å². The van der Waals surface area contributed by atoms with Crippen LogP contribution in [-0.2, 0) is 32.7 Å². The molecule has 63 heavy (non-hydrogen) atoms. The molecule has 10 heteroatoms. The average molecular weight is 902 g/mol. The fraction of sp³-hybridized carbons (Fsp3) is 0.698. The van der Waals surface area contributed by atoms with E-state index >= 15 is 0 Å². The molecule has 0 spiro atoms. The van der Waals surface area contributed by atoms with Gasteiger partial charge in [-0.05, 0) is 89.9 Å². The van der Waals surface area contributed by atoms with E-state index in [1.54, 1.807) is 0 Å². The van der Waals surface area contributed by atoms with Crippen molar-refractivity contribution in [2.75, 3.05) is 26.4 Å². The summed E-state index contributed by atoms with van der Waals surface area (Å²) in [5.41, 5.74) is 5.36. The number of phosphoric ester groups is 1. The lowest BCUT2D eigenvalue weighted by Gasteiger charge is -2.19. The lowest BCUT2D eigenvalue weighted by Crippen LogP contribution is -2.29. The molecule has 362 valence electrons. The highest BCUT2D eigenvalue weighted by molar-refractivity contribution is 7.47. The van der Waals surface area contributed by atoms with Crippen molar-refractivity contribution in [1.29, 1.82) is 0 Å². The van der Waals surface area contributed by atoms with Gasteiger partial charge in [0.1, 0.15) is 6.61 Å². The molecule has 0 saturated heterocycles. The maximum absolute atomic E-state index is 12.6. The molecule has 0 aromatic rings. The van der Waals surface area contributed by atoms with Gasteiger partial charge in [0.25, 0.3) is 0 Å². The van der Waals surface area contributed by atoms with E-state index in [0.29, 0.717) is 6.42 Å². The zero-order valence-electron chi connectivity index (χ0n) is 40.0. The number of hydrogen-bond acceptors (Lipinski definition) is 8. The summed E-state index contributed by atoms with van der Waals surface area (Å²) in [4.78, 5) is 35.0.